The maximum Gasteiger partial charge on any atom is 0.124 e. The average Bonchev–Trinajstić information content (AvgIpc) is 2.42. The van der Waals surface area contributed by atoms with Crippen LogP contribution in [0.25, 0.3) is 0 Å². The van der Waals surface area contributed by atoms with Crippen molar-refractivity contribution in [3.63, 3.8) is 0 Å². The van der Waals surface area contributed by atoms with Gasteiger partial charge in [0.1, 0.15) is 5.75 Å². The Morgan fingerprint density at radius 3 is 2.78 bits per heavy atom. The molecular weight excluding hydrogens is 296 g/mol. The normalized spacial score (nSPS) is 18.6. The van der Waals surface area contributed by atoms with E-state index >= 15 is 0 Å². The monoisotopic (exact) mass is 314 g/mol. The molecule has 0 unspecified atom stereocenters. The molecule has 0 bridgehead atoms. The van der Waals surface area contributed by atoms with Crippen LogP contribution in [-0.4, -0.2) is 49.9 Å². The average molecular weight is 315 g/mol. The molecule has 0 aromatic heterocycles. The summed E-state index contributed by atoms with van der Waals surface area (Å²) in [5, 5.41) is 13.0. The van der Waals surface area contributed by atoms with Crippen molar-refractivity contribution in [2.75, 3.05) is 39.9 Å². The number of aliphatic hydroxyl groups is 1. The summed E-state index contributed by atoms with van der Waals surface area (Å²) in [5.41, 5.74) is 1.05. The summed E-state index contributed by atoms with van der Waals surface area (Å²) in [6, 6.07) is 5.96. The fraction of sp³-hybridized carbons (Fsp3) is 0.538. The molecule has 100 valence electrons. The highest BCUT2D eigenvalue weighted by atomic mass is 79.9. The Morgan fingerprint density at radius 2 is 2.17 bits per heavy atom. The number of benzene rings is 1. The van der Waals surface area contributed by atoms with Gasteiger partial charge in [0.05, 0.1) is 19.8 Å². The van der Waals surface area contributed by atoms with Gasteiger partial charge in [0.25, 0.3) is 0 Å². The van der Waals surface area contributed by atoms with E-state index in [9.17, 15) is 5.11 Å². The molecule has 0 spiro atoms. The molecule has 1 aromatic carbocycles. The van der Waals surface area contributed by atoms with Crippen molar-refractivity contribution in [1.82, 2.24) is 10.2 Å². The number of piperazine rings is 1. The van der Waals surface area contributed by atoms with Crippen LogP contribution in [0.4, 0.5) is 0 Å². The van der Waals surface area contributed by atoms with Gasteiger partial charge >= 0.3 is 0 Å². The van der Waals surface area contributed by atoms with Gasteiger partial charge in [0.15, 0.2) is 0 Å². The summed E-state index contributed by atoms with van der Waals surface area (Å²) in [4.78, 5) is 2.29. The van der Waals surface area contributed by atoms with Crippen LogP contribution in [0, 0.1) is 0 Å². The molecule has 1 heterocycles. The molecule has 1 atom stereocenters. The molecule has 1 saturated heterocycles. The van der Waals surface area contributed by atoms with E-state index in [4.69, 9.17) is 4.74 Å². The zero-order chi connectivity index (χ0) is 13.0. The highest BCUT2D eigenvalue weighted by Gasteiger charge is 2.24. The highest BCUT2D eigenvalue weighted by Crippen LogP contribution is 2.31. The van der Waals surface area contributed by atoms with Crippen LogP contribution in [0.1, 0.15) is 11.6 Å². The number of aliphatic hydroxyl groups excluding tert-OH is 1. The van der Waals surface area contributed by atoms with E-state index in [1.807, 2.05) is 18.2 Å². The molecule has 0 aliphatic carbocycles. The number of ether oxygens (including phenoxy) is 1. The number of halogens is 1. The van der Waals surface area contributed by atoms with Crippen molar-refractivity contribution in [2.24, 2.45) is 0 Å². The summed E-state index contributed by atoms with van der Waals surface area (Å²) < 4.78 is 6.40. The van der Waals surface area contributed by atoms with Gasteiger partial charge in [-0.3, -0.25) is 4.90 Å². The zero-order valence-corrected chi connectivity index (χ0v) is 12.1. The van der Waals surface area contributed by atoms with Crippen LogP contribution < -0.4 is 10.1 Å². The number of rotatable bonds is 4. The number of methoxy groups -OCH3 is 1. The molecular formula is C13H19BrN2O2. The van der Waals surface area contributed by atoms with E-state index in [1.165, 1.54) is 0 Å². The van der Waals surface area contributed by atoms with Crippen LogP contribution in [0.2, 0.25) is 0 Å². The largest absolute Gasteiger partial charge is 0.496 e. The summed E-state index contributed by atoms with van der Waals surface area (Å²) in [6.07, 6.45) is 0. The quantitative estimate of drug-likeness (QED) is 0.881. The van der Waals surface area contributed by atoms with E-state index < -0.39 is 0 Å². The van der Waals surface area contributed by atoms with Gasteiger partial charge in [-0.15, -0.1) is 0 Å². The molecule has 0 saturated carbocycles. The molecule has 5 heteroatoms. The third kappa shape index (κ3) is 3.03. The first kappa shape index (κ1) is 13.8. The molecule has 0 radical (unpaired) electrons. The lowest BCUT2D eigenvalue weighted by molar-refractivity contribution is 0.109. The van der Waals surface area contributed by atoms with E-state index in [-0.39, 0.29) is 12.6 Å². The minimum absolute atomic E-state index is 0.00940. The number of hydrogen-bond donors (Lipinski definition) is 2. The highest BCUT2D eigenvalue weighted by molar-refractivity contribution is 9.10. The van der Waals surface area contributed by atoms with Crippen molar-refractivity contribution in [3.8, 4) is 5.75 Å². The summed E-state index contributed by atoms with van der Waals surface area (Å²) >= 11 is 3.44. The molecule has 1 fully saturated rings. The Kier molecular flexibility index (Phi) is 5.00. The third-order valence-corrected chi connectivity index (χ3v) is 3.81. The van der Waals surface area contributed by atoms with Crippen molar-refractivity contribution in [1.29, 1.82) is 0 Å². The van der Waals surface area contributed by atoms with Crippen molar-refractivity contribution < 1.29 is 9.84 Å². The first-order chi connectivity index (χ1) is 8.76. The van der Waals surface area contributed by atoms with E-state index in [1.54, 1.807) is 7.11 Å². The van der Waals surface area contributed by atoms with E-state index in [2.05, 4.69) is 26.1 Å². The molecule has 1 aromatic rings. The van der Waals surface area contributed by atoms with Gasteiger partial charge < -0.3 is 15.2 Å². The topological polar surface area (TPSA) is 44.7 Å². The zero-order valence-electron chi connectivity index (χ0n) is 10.5. The van der Waals surface area contributed by atoms with Gasteiger partial charge in [-0.05, 0) is 12.1 Å². The van der Waals surface area contributed by atoms with Gasteiger partial charge in [0, 0.05) is 36.2 Å². The summed E-state index contributed by atoms with van der Waals surface area (Å²) in [7, 11) is 1.66. The minimum atomic E-state index is 0.00940. The third-order valence-electron chi connectivity index (χ3n) is 3.32. The maximum atomic E-state index is 9.69. The van der Waals surface area contributed by atoms with Gasteiger partial charge in [-0.1, -0.05) is 22.0 Å². The number of nitrogens with one attached hydrogen (secondary N) is 1. The fourth-order valence-electron chi connectivity index (χ4n) is 2.36. The lowest BCUT2D eigenvalue weighted by Gasteiger charge is -2.34. The van der Waals surface area contributed by atoms with Crippen LogP contribution in [0.3, 0.4) is 0 Å². The molecule has 1 aliphatic rings. The second kappa shape index (κ2) is 6.52. The Hall–Kier alpha value is -0.620. The molecule has 4 nitrogen and oxygen atoms in total. The second-order valence-corrected chi connectivity index (χ2v) is 5.29. The summed E-state index contributed by atoms with van der Waals surface area (Å²) in [6.45, 7) is 3.94. The van der Waals surface area contributed by atoms with Gasteiger partial charge in [0.2, 0.25) is 0 Å². The lowest BCUT2D eigenvalue weighted by Crippen LogP contribution is -2.46. The standard InChI is InChI=1S/C13H19BrN2O2/c1-18-13-8-10(14)2-3-11(13)12(9-17)16-6-4-15-5-7-16/h2-3,8,12,15,17H,4-7,9H2,1H3/t12-/m1/s1. The Balaban J connectivity index is 2.25. The van der Waals surface area contributed by atoms with Crippen LogP contribution in [0.5, 0.6) is 5.75 Å². The molecule has 2 N–H and O–H groups in total. The smallest absolute Gasteiger partial charge is 0.124 e. The van der Waals surface area contributed by atoms with E-state index in [0.29, 0.717) is 0 Å². The number of nitrogens with zero attached hydrogens (tertiary/aromatic N) is 1. The van der Waals surface area contributed by atoms with Gasteiger partial charge in [-0.2, -0.15) is 0 Å². The predicted molar refractivity (Wildman–Crippen MR) is 75.0 cm³/mol. The summed E-state index contributed by atoms with van der Waals surface area (Å²) in [5.74, 6) is 0.821. The van der Waals surface area contributed by atoms with Crippen LogP contribution in [-0.2, 0) is 0 Å². The SMILES string of the molecule is COc1cc(Br)ccc1[C@@H](CO)N1CCNCC1. The first-order valence-electron chi connectivity index (χ1n) is 6.15. The molecule has 1 aliphatic heterocycles. The molecule has 0 amide bonds. The van der Waals surface area contributed by atoms with Crippen molar-refractivity contribution in [2.45, 2.75) is 6.04 Å². The Morgan fingerprint density at radius 1 is 1.44 bits per heavy atom. The van der Waals surface area contributed by atoms with Crippen molar-refractivity contribution >= 4 is 15.9 Å². The first-order valence-corrected chi connectivity index (χ1v) is 6.94. The van der Waals surface area contributed by atoms with Gasteiger partial charge in [-0.25, -0.2) is 0 Å². The maximum absolute atomic E-state index is 9.69. The molecule has 18 heavy (non-hydrogen) atoms. The second-order valence-electron chi connectivity index (χ2n) is 4.37. The van der Waals surface area contributed by atoms with Crippen LogP contribution >= 0.6 is 15.9 Å². The Bertz CT molecular complexity index is 395. The number of hydrogen-bond acceptors (Lipinski definition) is 4. The van der Waals surface area contributed by atoms with E-state index in [0.717, 1.165) is 42.0 Å². The molecule has 2 rings (SSSR count). The minimum Gasteiger partial charge on any atom is -0.496 e. The van der Waals surface area contributed by atoms with Crippen LogP contribution in [0.15, 0.2) is 22.7 Å². The fourth-order valence-corrected chi connectivity index (χ4v) is 2.70. The Labute approximate surface area is 116 Å². The lowest BCUT2D eigenvalue weighted by atomic mass is 10.0. The predicted octanol–water partition coefficient (Wildman–Crippen LogP) is 1.40. The van der Waals surface area contributed by atoms with Crippen molar-refractivity contribution in [3.05, 3.63) is 28.2 Å².